The van der Waals surface area contributed by atoms with Crippen LogP contribution in [-0.2, 0) is 14.8 Å². The normalized spacial score (nSPS) is 19.9. The molecule has 0 radical (unpaired) electrons. The maximum Gasteiger partial charge on any atom is 0.246 e. The molecule has 9 heteroatoms. The van der Waals surface area contributed by atoms with Gasteiger partial charge in [-0.1, -0.05) is 40.9 Å². The van der Waals surface area contributed by atoms with Gasteiger partial charge in [0, 0.05) is 32.7 Å². The number of sulfonamides is 1. The smallest absolute Gasteiger partial charge is 0.246 e. The van der Waals surface area contributed by atoms with Gasteiger partial charge in [0.25, 0.3) is 0 Å². The van der Waals surface area contributed by atoms with E-state index in [-0.39, 0.29) is 40.0 Å². The van der Waals surface area contributed by atoms with E-state index in [1.54, 1.807) is 6.07 Å². The highest BCUT2D eigenvalue weighted by molar-refractivity contribution is 7.89. The lowest BCUT2D eigenvalue weighted by Gasteiger charge is -2.37. The van der Waals surface area contributed by atoms with Gasteiger partial charge in [0.15, 0.2) is 0 Å². The number of amides is 1. The summed E-state index contributed by atoms with van der Waals surface area (Å²) in [7, 11) is -3.78. The first-order valence-corrected chi connectivity index (χ1v) is 12.6. The average molecular weight is 474 g/mol. The average Bonchev–Trinajstić information content (AvgIpc) is 2.73. The number of piperazine rings is 1. The van der Waals surface area contributed by atoms with Gasteiger partial charge in [-0.2, -0.15) is 4.31 Å². The van der Waals surface area contributed by atoms with Gasteiger partial charge in [-0.05, 0) is 51.2 Å². The highest BCUT2D eigenvalue weighted by Crippen LogP contribution is 2.32. The molecule has 0 bridgehead atoms. The molecule has 30 heavy (non-hydrogen) atoms. The number of rotatable bonds is 7. The van der Waals surface area contributed by atoms with Gasteiger partial charge in [0.2, 0.25) is 15.9 Å². The largest absolute Gasteiger partial charge is 0.354 e. The zero-order valence-corrected chi connectivity index (χ0v) is 19.6. The van der Waals surface area contributed by atoms with E-state index in [4.69, 9.17) is 23.2 Å². The number of benzene rings is 1. The fourth-order valence-electron chi connectivity index (χ4n) is 3.98. The maximum absolute atomic E-state index is 13.0. The van der Waals surface area contributed by atoms with Crippen LogP contribution in [0, 0.1) is 0 Å². The van der Waals surface area contributed by atoms with Crippen LogP contribution in [0.15, 0.2) is 34.7 Å². The minimum atomic E-state index is -3.78. The lowest BCUT2D eigenvalue weighted by Crippen LogP contribution is -2.55. The number of nitrogens with one attached hydrogen (secondary N) is 1. The Morgan fingerprint density at radius 1 is 1.13 bits per heavy atom. The van der Waals surface area contributed by atoms with E-state index in [0.29, 0.717) is 19.6 Å². The molecule has 1 fully saturated rings. The molecule has 1 atom stereocenters. The Kier molecular flexibility index (Phi) is 8.21. The van der Waals surface area contributed by atoms with Crippen molar-refractivity contribution in [2.45, 2.75) is 50.0 Å². The second kappa shape index (κ2) is 10.5. The number of carbonyl (C=O) groups is 1. The van der Waals surface area contributed by atoms with Crippen LogP contribution in [0.2, 0.25) is 10.0 Å². The van der Waals surface area contributed by atoms with E-state index in [9.17, 15) is 13.2 Å². The zero-order chi connectivity index (χ0) is 21.7. The van der Waals surface area contributed by atoms with Gasteiger partial charge < -0.3 is 5.32 Å². The molecule has 2 aliphatic rings. The molecule has 1 heterocycles. The molecule has 166 valence electrons. The first-order chi connectivity index (χ1) is 14.3. The van der Waals surface area contributed by atoms with Crippen molar-refractivity contribution in [1.29, 1.82) is 0 Å². The van der Waals surface area contributed by atoms with Crippen LogP contribution in [0.4, 0.5) is 0 Å². The van der Waals surface area contributed by atoms with Gasteiger partial charge in [-0.3, -0.25) is 9.69 Å². The monoisotopic (exact) mass is 473 g/mol. The first-order valence-electron chi connectivity index (χ1n) is 10.4. The molecule has 1 amide bonds. The molecule has 0 saturated carbocycles. The summed E-state index contributed by atoms with van der Waals surface area (Å²) in [6.45, 7) is 4.03. The zero-order valence-electron chi connectivity index (χ0n) is 17.2. The summed E-state index contributed by atoms with van der Waals surface area (Å²) in [5.41, 5.74) is 1.44. The highest BCUT2D eigenvalue weighted by Gasteiger charge is 2.34. The van der Waals surface area contributed by atoms with Crippen molar-refractivity contribution in [3.8, 4) is 0 Å². The molecule has 3 rings (SSSR count). The second-order valence-electron chi connectivity index (χ2n) is 7.82. The van der Waals surface area contributed by atoms with E-state index in [0.717, 1.165) is 19.3 Å². The summed E-state index contributed by atoms with van der Waals surface area (Å²) in [4.78, 5) is 14.5. The predicted octanol–water partition coefficient (Wildman–Crippen LogP) is 3.69. The number of halogens is 2. The molecule has 1 unspecified atom stereocenters. The highest BCUT2D eigenvalue weighted by atomic mass is 35.5. The van der Waals surface area contributed by atoms with Gasteiger partial charge >= 0.3 is 0 Å². The summed E-state index contributed by atoms with van der Waals surface area (Å²) < 4.78 is 27.4. The number of hydrogen-bond donors (Lipinski definition) is 1. The lowest BCUT2D eigenvalue weighted by molar-refractivity contribution is -0.126. The third-order valence-electron chi connectivity index (χ3n) is 5.85. The van der Waals surface area contributed by atoms with Crippen molar-refractivity contribution in [1.82, 2.24) is 14.5 Å². The minimum absolute atomic E-state index is 0.0168. The molecule has 1 aromatic carbocycles. The fourth-order valence-corrected chi connectivity index (χ4v) is 6.49. The first kappa shape index (κ1) is 23.5. The number of carbonyl (C=O) groups excluding carboxylic acids is 1. The second-order valence-corrected chi connectivity index (χ2v) is 10.5. The number of hydrogen-bond acceptors (Lipinski definition) is 4. The molecule has 6 nitrogen and oxygen atoms in total. The Morgan fingerprint density at radius 3 is 2.40 bits per heavy atom. The van der Waals surface area contributed by atoms with E-state index in [1.807, 2.05) is 11.8 Å². The van der Waals surface area contributed by atoms with Gasteiger partial charge in [-0.15, -0.1) is 0 Å². The van der Waals surface area contributed by atoms with Crippen LogP contribution in [0.5, 0.6) is 0 Å². The summed E-state index contributed by atoms with van der Waals surface area (Å²) in [5.74, 6) is -0.0168. The number of nitrogens with zero attached hydrogens (tertiary/aromatic N) is 2. The third-order valence-corrected chi connectivity index (χ3v) is 8.70. The topological polar surface area (TPSA) is 69.7 Å². The Morgan fingerprint density at radius 2 is 1.80 bits per heavy atom. The van der Waals surface area contributed by atoms with Crippen molar-refractivity contribution in [2.75, 3.05) is 32.7 Å². The molecular weight excluding hydrogens is 445 g/mol. The van der Waals surface area contributed by atoms with Gasteiger partial charge in [0.1, 0.15) is 4.90 Å². The molecular formula is C21H29Cl2N3O3S. The summed E-state index contributed by atoms with van der Waals surface area (Å²) in [6, 6.07) is 4.35. The minimum Gasteiger partial charge on any atom is -0.354 e. The number of allylic oxidation sites excluding steroid dienone is 1. The van der Waals surface area contributed by atoms with Gasteiger partial charge in [0.05, 0.1) is 16.1 Å². The standard InChI is InChI=1S/C21H29Cl2N3O3S/c1-16(21(27)24-11-10-17-6-3-2-4-7-17)25-12-14-26(15-13-25)30(28,29)20-18(22)8-5-9-19(20)23/h5-6,8-9,16H,2-4,7,10-15H2,1H3,(H,24,27). The van der Waals surface area contributed by atoms with Crippen LogP contribution in [0.1, 0.15) is 39.0 Å². The van der Waals surface area contributed by atoms with E-state index in [1.165, 1.54) is 34.9 Å². The molecule has 1 aliphatic heterocycles. The van der Waals surface area contributed by atoms with Crippen LogP contribution in [0.3, 0.4) is 0 Å². The quantitative estimate of drug-likeness (QED) is 0.612. The van der Waals surface area contributed by atoms with E-state index in [2.05, 4.69) is 11.4 Å². The van der Waals surface area contributed by atoms with Crippen molar-refractivity contribution in [2.24, 2.45) is 0 Å². The van der Waals surface area contributed by atoms with Crippen molar-refractivity contribution < 1.29 is 13.2 Å². The maximum atomic E-state index is 13.0. The Labute approximate surface area is 189 Å². The van der Waals surface area contributed by atoms with E-state index < -0.39 is 10.0 Å². The third kappa shape index (κ3) is 5.56. The van der Waals surface area contributed by atoms with E-state index >= 15 is 0 Å². The van der Waals surface area contributed by atoms with Gasteiger partial charge in [-0.25, -0.2) is 8.42 Å². The molecule has 1 aromatic rings. The molecule has 0 spiro atoms. The Bertz CT molecular complexity index is 877. The fraction of sp³-hybridized carbons (Fsp3) is 0.571. The van der Waals surface area contributed by atoms with Crippen LogP contribution < -0.4 is 5.32 Å². The Balaban J connectivity index is 1.51. The van der Waals surface area contributed by atoms with Crippen LogP contribution in [0.25, 0.3) is 0 Å². The van der Waals surface area contributed by atoms with Crippen molar-refractivity contribution >= 4 is 39.1 Å². The Hall–Kier alpha value is -1.12. The summed E-state index contributed by atoms with van der Waals surface area (Å²) >= 11 is 12.2. The predicted molar refractivity (Wildman–Crippen MR) is 120 cm³/mol. The molecule has 1 N–H and O–H groups in total. The molecule has 0 aromatic heterocycles. The van der Waals surface area contributed by atoms with Crippen molar-refractivity contribution in [3.05, 3.63) is 39.9 Å². The lowest BCUT2D eigenvalue weighted by atomic mass is 9.97. The van der Waals surface area contributed by atoms with Crippen LogP contribution in [-0.4, -0.2) is 62.3 Å². The van der Waals surface area contributed by atoms with Crippen molar-refractivity contribution in [3.63, 3.8) is 0 Å². The summed E-state index contributed by atoms with van der Waals surface area (Å²) in [5, 5.41) is 3.25. The SMILES string of the molecule is CC(C(=O)NCCC1=CCCCC1)N1CCN(S(=O)(=O)c2c(Cl)cccc2Cl)CC1. The molecule has 1 aliphatic carbocycles. The van der Waals surface area contributed by atoms with Crippen LogP contribution >= 0.6 is 23.2 Å². The molecule has 1 saturated heterocycles. The summed E-state index contributed by atoms with van der Waals surface area (Å²) in [6.07, 6.45) is 7.98.